The van der Waals surface area contributed by atoms with Gasteiger partial charge in [0.2, 0.25) is 5.91 Å². The molecule has 1 rings (SSSR count). The Bertz CT molecular complexity index is 211. The van der Waals surface area contributed by atoms with Crippen molar-refractivity contribution in [3.05, 3.63) is 0 Å². The molecular weight excluding hydrogens is 194 g/mol. The lowest BCUT2D eigenvalue weighted by atomic mass is 10.0. The second-order valence-corrected chi connectivity index (χ2v) is 5.32. The van der Waals surface area contributed by atoms with Crippen molar-refractivity contribution in [2.24, 2.45) is 11.3 Å². The summed E-state index contributed by atoms with van der Waals surface area (Å²) in [6, 6.07) is 0. The molecule has 0 aromatic heterocycles. The smallest absolute Gasteiger partial charge is 0.222 e. The van der Waals surface area contributed by atoms with Gasteiger partial charge in [0.1, 0.15) is 0 Å². The summed E-state index contributed by atoms with van der Waals surface area (Å²) in [6.45, 7) is 5.13. The minimum Gasteiger partial charge on any atom is -0.345 e. The molecule has 0 aromatic carbocycles. The highest BCUT2D eigenvalue weighted by Gasteiger charge is 2.43. The third-order valence-electron chi connectivity index (χ3n) is 2.88. The van der Waals surface area contributed by atoms with Gasteiger partial charge in [-0.05, 0) is 29.9 Å². The first kappa shape index (κ1) is 11.9. The average Bonchev–Trinajstić information content (AvgIpc) is 2.84. The molecule has 0 heterocycles. The van der Waals surface area contributed by atoms with E-state index >= 15 is 0 Å². The number of thiol groups is 1. The van der Waals surface area contributed by atoms with E-state index in [0.29, 0.717) is 12.3 Å². The lowest BCUT2D eigenvalue weighted by Gasteiger charge is -2.21. The number of rotatable bonds is 5. The van der Waals surface area contributed by atoms with Crippen LogP contribution in [-0.4, -0.2) is 30.2 Å². The zero-order chi connectivity index (χ0) is 10.8. The maximum Gasteiger partial charge on any atom is 0.222 e. The fourth-order valence-corrected chi connectivity index (χ4v) is 2.10. The minimum absolute atomic E-state index is 0.255. The number of amides is 1. The van der Waals surface area contributed by atoms with Gasteiger partial charge in [-0.1, -0.05) is 13.8 Å². The molecule has 1 amide bonds. The maximum absolute atomic E-state index is 11.8. The summed E-state index contributed by atoms with van der Waals surface area (Å²) in [6.07, 6.45) is 3.05. The van der Waals surface area contributed by atoms with E-state index in [1.807, 2.05) is 11.9 Å². The Kier molecular flexibility index (Phi) is 3.87. The fourth-order valence-electron chi connectivity index (χ4n) is 1.67. The molecule has 0 spiro atoms. The molecule has 0 unspecified atom stereocenters. The van der Waals surface area contributed by atoms with Gasteiger partial charge in [-0.15, -0.1) is 0 Å². The summed E-state index contributed by atoms with van der Waals surface area (Å²) in [5.41, 5.74) is 0.255. The first-order valence-electron chi connectivity index (χ1n) is 5.34. The van der Waals surface area contributed by atoms with Crippen LogP contribution < -0.4 is 0 Å². The molecule has 1 aliphatic carbocycles. The van der Waals surface area contributed by atoms with Crippen LogP contribution in [0.15, 0.2) is 0 Å². The van der Waals surface area contributed by atoms with Gasteiger partial charge in [0, 0.05) is 20.0 Å². The summed E-state index contributed by atoms with van der Waals surface area (Å²) in [7, 11) is 1.90. The van der Waals surface area contributed by atoms with Crippen molar-refractivity contribution < 1.29 is 4.79 Å². The molecule has 0 aromatic rings. The van der Waals surface area contributed by atoms with Gasteiger partial charge in [0.15, 0.2) is 0 Å². The van der Waals surface area contributed by atoms with Crippen LogP contribution in [0.3, 0.4) is 0 Å². The molecule has 3 heteroatoms. The molecule has 0 aliphatic heterocycles. The summed E-state index contributed by atoms with van der Waals surface area (Å²) in [5.74, 6) is 1.69. The van der Waals surface area contributed by atoms with Crippen LogP contribution in [0.4, 0.5) is 0 Å². The highest BCUT2D eigenvalue weighted by atomic mass is 32.1. The van der Waals surface area contributed by atoms with E-state index in [1.54, 1.807) is 0 Å². The number of carbonyl (C=O) groups is 1. The van der Waals surface area contributed by atoms with Crippen molar-refractivity contribution >= 4 is 18.5 Å². The van der Waals surface area contributed by atoms with Gasteiger partial charge in [-0.2, -0.15) is 12.6 Å². The lowest BCUT2D eigenvalue weighted by molar-refractivity contribution is -0.131. The number of carbonyl (C=O) groups excluding carboxylic acids is 1. The van der Waals surface area contributed by atoms with Crippen molar-refractivity contribution in [2.45, 2.75) is 33.1 Å². The summed E-state index contributed by atoms with van der Waals surface area (Å²) < 4.78 is 0. The molecule has 0 atom stereocenters. The zero-order valence-corrected chi connectivity index (χ0v) is 10.3. The topological polar surface area (TPSA) is 20.3 Å². The predicted octanol–water partition coefficient (Wildman–Crippen LogP) is 2.20. The first-order chi connectivity index (χ1) is 6.49. The third kappa shape index (κ3) is 3.19. The van der Waals surface area contributed by atoms with E-state index in [2.05, 4.69) is 26.5 Å². The van der Waals surface area contributed by atoms with Crippen molar-refractivity contribution in [2.75, 3.05) is 19.3 Å². The van der Waals surface area contributed by atoms with Crippen LogP contribution in [0.1, 0.15) is 33.1 Å². The van der Waals surface area contributed by atoms with E-state index in [9.17, 15) is 4.79 Å². The van der Waals surface area contributed by atoms with Crippen LogP contribution in [0.2, 0.25) is 0 Å². The van der Waals surface area contributed by atoms with Gasteiger partial charge < -0.3 is 4.90 Å². The lowest BCUT2D eigenvalue weighted by Crippen LogP contribution is -2.32. The molecule has 1 fully saturated rings. The molecule has 82 valence electrons. The van der Waals surface area contributed by atoms with Gasteiger partial charge >= 0.3 is 0 Å². The van der Waals surface area contributed by atoms with Crippen LogP contribution in [0.5, 0.6) is 0 Å². The second-order valence-electron chi connectivity index (χ2n) is 5.00. The molecule has 0 bridgehead atoms. The number of hydrogen-bond donors (Lipinski definition) is 1. The zero-order valence-electron chi connectivity index (χ0n) is 9.42. The first-order valence-corrected chi connectivity index (χ1v) is 5.97. The standard InChI is InChI=1S/C11H21NOS/c1-9(2)7-12(3)10(13)6-11(8-14)4-5-11/h9,14H,4-8H2,1-3H3. The third-order valence-corrected chi connectivity index (χ3v) is 3.55. The average molecular weight is 215 g/mol. The van der Waals surface area contributed by atoms with Gasteiger partial charge in [-0.25, -0.2) is 0 Å². The predicted molar refractivity (Wildman–Crippen MR) is 62.6 cm³/mol. The highest BCUT2D eigenvalue weighted by molar-refractivity contribution is 7.80. The van der Waals surface area contributed by atoms with Crippen LogP contribution >= 0.6 is 12.6 Å². The van der Waals surface area contributed by atoms with E-state index in [1.165, 1.54) is 12.8 Å². The largest absolute Gasteiger partial charge is 0.345 e. The summed E-state index contributed by atoms with van der Waals surface area (Å²) in [5, 5.41) is 0. The maximum atomic E-state index is 11.8. The van der Waals surface area contributed by atoms with Crippen LogP contribution in [-0.2, 0) is 4.79 Å². The molecule has 0 radical (unpaired) electrons. The molecule has 2 nitrogen and oxygen atoms in total. The van der Waals surface area contributed by atoms with Gasteiger partial charge in [0.05, 0.1) is 0 Å². The highest BCUT2D eigenvalue weighted by Crippen LogP contribution is 2.49. The van der Waals surface area contributed by atoms with Crippen molar-refractivity contribution in [1.29, 1.82) is 0 Å². The second kappa shape index (κ2) is 4.56. The van der Waals surface area contributed by atoms with Gasteiger partial charge in [0.25, 0.3) is 0 Å². The Balaban J connectivity index is 2.34. The number of hydrogen-bond acceptors (Lipinski definition) is 2. The number of nitrogens with zero attached hydrogens (tertiary/aromatic N) is 1. The molecule has 0 saturated heterocycles. The SMILES string of the molecule is CC(C)CN(C)C(=O)CC1(CS)CC1. The summed E-state index contributed by atoms with van der Waals surface area (Å²) >= 11 is 4.31. The van der Waals surface area contributed by atoms with E-state index < -0.39 is 0 Å². The molecular formula is C11H21NOS. The Morgan fingerprint density at radius 2 is 2.07 bits per heavy atom. The van der Waals surface area contributed by atoms with E-state index in [-0.39, 0.29) is 11.3 Å². The Morgan fingerprint density at radius 3 is 2.43 bits per heavy atom. The van der Waals surface area contributed by atoms with Crippen molar-refractivity contribution in [1.82, 2.24) is 4.90 Å². The Labute approximate surface area is 92.5 Å². The van der Waals surface area contributed by atoms with E-state index in [0.717, 1.165) is 12.3 Å². The quantitative estimate of drug-likeness (QED) is 0.697. The van der Waals surface area contributed by atoms with Crippen molar-refractivity contribution in [3.8, 4) is 0 Å². The molecule has 1 aliphatic rings. The molecule has 14 heavy (non-hydrogen) atoms. The van der Waals surface area contributed by atoms with Crippen LogP contribution in [0.25, 0.3) is 0 Å². The van der Waals surface area contributed by atoms with Gasteiger partial charge in [-0.3, -0.25) is 4.79 Å². The Morgan fingerprint density at radius 1 is 1.50 bits per heavy atom. The normalized spacial score (nSPS) is 18.4. The van der Waals surface area contributed by atoms with Crippen LogP contribution in [0, 0.1) is 11.3 Å². The van der Waals surface area contributed by atoms with Crippen molar-refractivity contribution in [3.63, 3.8) is 0 Å². The summed E-state index contributed by atoms with van der Waals surface area (Å²) in [4.78, 5) is 13.6. The molecule has 0 N–H and O–H groups in total. The molecule has 1 saturated carbocycles. The monoisotopic (exact) mass is 215 g/mol. The van der Waals surface area contributed by atoms with E-state index in [4.69, 9.17) is 0 Å². The Hall–Kier alpha value is -0.180. The minimum atomic E-state index is 0.255. The fraction of sp³-hybridized carbons (Fsp3) is 0.909.